The van der Waals surface area contributed by atoms with Crippen LogP contribution in [0.2, 0.25) is 0 Å². The monoisotopic (exact) mass is 391 g/mol. The summed E-state index contributed by atoms with van der Waals surface area (Å²) in [7, 11) is 0. The predicted octanol–water partition coefficient (Wildman–Crippen LogP) is 2.09. The molecule has 29 heavy (non-hydrogen) atoms. The summed E-state index contributed by atoms with van der Waals surface area (Å²) in [6.45, 7) is 0. The Labute approximate surface area is 167 Å². The number of hydrogen-bond acceptors (Lipinski definition) is 5. The molecule has 8 nitrogen and oxygen atoms in total. The molecule has 0 radical (unpaired) electrons. The van der Waals surface area contributed by atoms with Crippen molar-refractivity contribution in [2.24, 2.45) is 16.8 Å². The number of nitrogens with one attached hydrogen (secondary N) is 2. The quantitative estimate of drug-likeness (QED) is 0.699. The number of rotatable bonds is 6. The second-order valence-corrected chi connectivity index (χ2v) is 7.15. The number of hydrogen-bond donors (Lipinski definition) is 3. The molecule has 1 fully saturated rings. The average molecular weight is 391 g/mol. The van der Waals surface area contributed by atoms with Gasteiger partial charge in [-0.3, -0.25) is 19.4 Å². The van der Waals surface area contributed by atoms with Crippen molar-refractivity contribution in [2.45, 2.75) is 25.3 Å². The van der Waals surface area contributed by atoms with Crippen molar-refractivity contribution in [1.82, 2.24) is 0 Å². The highest BCUT2D eigenvalue weighted by Crippen LogP contribution is 2.30. The van der Waals surface area contributed by atoms with Crippen molar-refractivity contribution >= 4 is 40.5 Å². The molecule has 0 spiro atoms. The molecular weight excluding hydrogens is 370 g/mol. The summed E-state index contributed by atoms with van der Waals surface area (Å²) in [4.78, 5) is 36.5. The molecule has 1 aliphatic heterocycles. The lowest BCUT2D eigenvalue weighted by molar-refractivity contribution is -0.119. The molecular formula is C21H21N5O3. The summed E-state index contributed by atoms with van der Waals surface area (Å²) in [6.07, 6.45) is 1.95. The first-order valence-corrected chi connectivity index (χ1v) is 9.44. The van der Waals surface area contributed by atoms with Gasteiger partial charge in [0.15, 0.2) is 0 Å². The zero-order valence-electron chi connectivity index (χ0n) is 15.7. The van der Waals surface area contributed by atoms with Crippen molar-refractivity contribution in [3.05, 3.63) is 54.6 Å². The summed E-state index contributed by atoms with van der Waals surface area (Å²) in [5.74, 6) is -0.877. The Morgan fingerprint density at radius 3 is 2.31 bits per heavy atom. The highest BCUT2D eigenvalue weighted by Gasteiger charge is 2.35. The SMILES string of the molecule is NC(=O)C1CC(C(=O)Nc2cccc(NC(=O)C3CC3)c2)=NN1c1ccccc1. The van der Waals surface area contributed by atoms with Gasteiger partial charge in [0.05, 0.1) is 5.69 Å². The Bertz CT molecular complexity index is 985. The number of para-hydroxylation sites is 1. The summed E-state index contributed by atoms with van der Waals surface area (Å²) >= 11 is 0. The van der Waals surface area contributed by atoms with E-state index in [0.717, 1.165) is 12.8 Å². The standard InChI is InChI=1S/C21H21N5O3/c22-19(27)18-12-17(25-26(18)16-7-2-1-3-8-16)21(29)24-15-6-4-5-14(11-15)23-20(28)13-9-10-13/h1-8,11,13,18H,9-10,12H2,(H2,22,27)(H,23,28)(H,24,29). The van der Waals surface area contributed by atoms with Crippen LogP contribution in [-0.4, -0.2) is 29.5 Å². The molecule has 148 valence electrons. The normalized spacial score (nSPS) is 18.1. The fraction of sp³-hybridized carbons (Fsp3) is 0.238. The van der Waals surface area contributed by atoms with E-state index >= 15 is 0 Å². The number of carbonyl (C=O) groups is 3. The van der Waals surface area contributed by atoms with Crippen LogP contribution in [0, 0.1) is 5.92 Å². The van der Waals surface area contributed by atoms with Crippen molar-refractivity contribution in [3.63, 3.8) is 0 Å². The van der Waals surface area contributed by atoms with E-state index in [0.29, 0.717) is 17.1 Å². The van der Waals surface area contributed by atoms with Gasteiger partial charge in [0, 0.05) is 23.7 Å². The third-order valence-electron chi connectivity index (χ3n) is 4.86. The Morgan fingerprint density at radius 1 is 0.966 bits per heavy atom. The molecule has 0 bridgehead atoms. The molecule has 1 aliphatic carbocycles. The highest BCUT2D eigenvalue weighted by molar-refractivity contribution is 6.44. The second-order valence-electron chi connectivity index (χ2n) is 7.15. The van der Waals surface area contributed by atoms with Gasteiger partial charge >= 0.3 is 0 Å². The maximum Gasteiger partial charge on any atom is 0.271 e. The van der Waals surface area contributed by atoms with Crippen molar-refractivity contribution in [3.8, 4) is 0 Å². The topological polar surface area (TPSA) is 117 Å². The Balaban J connectivity index is 1.48. The van der Waals surface area contributed by atoms with Gasteiger partial charge < -0.3 is 16.4 Å². The maximum absolute atomic E-state index is 12.7. The molecule has 8 heteroatoms. The first-order chi connectivity index (χ1) is 14.0. The first kappa shape index (κ1) is 18.7. The molecule has 1 atom stereocenters. The van der Waals surface area contributed by atoms with E-state index in [2.05, 4.69) is 15.7 Å². The number of nitrogens with zero attached hydrogens (tertiary/aromatic N) is 2. The van der Waals surface area contributed by atoms with E-state index in [-0.39, 0.29) is 24.0 Å². The molecule has 2 aromatic carbocycles. The fourth-order valence-electron chi connectivity index (χ4n) is 3.16. The summed E-state index contributed by atoms with van der Waals surface area (Å²) in [5.41, 5.74) is 7.55. The first-order valence-electron chi connectivity index (χ1n) is 9.44. The van der Waals surface area contributed by atoms with Gasteiger partial charge in [0.25, 0.3) is 5.91 Å². The van der Waals surface area contributed by atoms with E-state index in [4.69, 9.17) is 5.73 Å². The molecule has 1 unspecified atom stereocenters. The third kappa shape index (κ3) is 4.26. The van der Waals surface area contributed by atoms with Crippen LogP contribution in [-0.2, 0) is 14.4 Å². The lowest BCUT2D eigenvalue weighted by atomic mass is 10.1. The van der Waals surface area contributed by atoms with Crippen molar-refractivity contribution in [1.29, 1.82) is 0 Å². The van der Waals surface area contributed by atoms with Crippen LogP contribution in [0.3, 0.4) is 0 Å². The molecule has 4 rings (SSSR count). The lowest BCUT2D eigenvalue weighted by Gasteiger charge is -2.20. The minimum atomic E-state index is -0.720. The van der Waals surface area contributed by atoms with Crippen molar-refractivity contribution < 1.29 is 14.4 Å². The number of hydrazone groups is 1. The van der Waals surface area contributed by atoms with Crippen LogP contribution in [0.5, 0.6) is 0 Å². The van der Waals surface area contributed by atoms with Crippen molar-refractivity contribution in [2.75, 3.05) is 15.6 Å². The number of carbonyl (C=O) groups excluding carboxylic acids is 3. The van der Waals surface area contributed by atoms with E-state index in [9.17, 15) is 14.4 Å². The van der Waals surface area contributed by atoms with E-state index in [1.54, 1.807) is 36.4 Å². The average Bonchev–Trinajstić information content (AvgIpc) is 3.46. The van der Waals surface area contributed by atoms with Gasteiger partial charge in [-0.05, 0) is 43.2 Å². The summed E-state index contributed by atoms with van der Waals surface area (Å²) in [5, 5.41) is 11.4. The van der Waals surface area contributed by atoms with Crippen LogP contribution in [0.25, 0.3) is 0 Å². The molecule has 2 aromatic rings. The van der Waals surface area contributed by atoms with Crippen LogP contribution in [0.1, 0.15) is 19.3 Å². The number of primary amides is 1. The molecule has 2 aliphatic rings. The van der Waals surface area contributed by atoms with Gasteiger partial charge in [-0.2, -0.15) is 5.10 Å². The van der Waals surface area contributed by atoms with E-state index < -0.39 is 17.9 Å². The van der Waals surface area contributed by atoms with Crippen LogP contribution < -0.4 is 21.4 Å². The largest absolute Gasteiger partial charge is 0.368 e. The minimum absolute atomic E-state index is 0.00329. The second kappa shape index (κ2) is 7.75. The molecule has 0 aromatic heterocycles. The molecule has 0 saturated heterocycles. The molecule has 1 heterocycles. The van der Waals surface area contributed by atoms with Crippen LogP contribution in [0.15, 0.2) is 59.7 Å². The molecule has 3 amide bonds. The Kier molecular flexibility index (Phi) is 4.99. The number of nitrogens with two attached hydrogens (primary N) is 1. The van der Waals surface area contributed by atoms with Crippen LogP contribution >= 0.6 is 0 Å². The van der Waals surface area contributed by atoms with Gasteiger partial charge in [-0.25, -0.2) is 0 Å². The highest BCUT2D eigenvalue weighted by atomic mass is 16.2. The third-order valence-corrected chi connectivity index (χ3v) is 4.86. The maximum atomic E-state index is 12.7. The molecule has 4 N–H and O–H groups in total. The minimum Gasteiger partial charge on any atom is -0.368 e. The van der Waals surface area contributed by atoms with Gasteiger partial charge in [-0.15, -0.1) is 0 Å². The van der Waals surface area contributed by atoms with Gasteiger partial charge in [0.1, 0.15) is 11.8 Å². The zero-order valence-corrected chi connectivity index (χ0v) is 15.7. The molecule has 1 saturated carbocycles. The number of benzene rings is 2. The number of anilines is 3. The zero-order chi connectivity index (χ0) is 20.4. The van der Waals surface area contributed by atoms with E-state index in [1.807, 2.05) is 18.2 Å². The Morgan fingerprint density at radius 2 is 1.66 bits per heavy atom. The smallest absolute Gasteiger partial charge is 0.271 e. The Hall–Kier alpha value is -3.68. The van der Waals surface area contributed by atoms with Gasteiger partial charge in [0.2, 0.25) is 11.8 Å². The number of amides is 3. The summed E-state index contributed by atoms with van der Waals surface area (Å²) < 4.78 is 0. The van der Waals surface area contributed by atoms with Gasteiger partial charge in [-0.1, -0.05) is 24.3 Å². The fourth-order valence-corrected chi connectivity index (χ4v) is 3.16. The summed E-state index contributed by atoms with van der Waals surface area (Å²) in [6, 6.07) is 15.3. The lowest BCUT2D eigenvalue weighted by Crippen LogP contribution is -2.39. The van der Waals surface area contributed by atoms with E-state index in [1.165, 1.54) is 5.01 Å². The van der Waals surface area contributed by atoms with Crippen LogP contribution in [0.4, 0.5) is 17.1 Å². The predicted molar refractivity (Wildman–Crippen MR) is 110 cm³/mol.